The van der Waals surface area contributed by atoms with Crippen LogP contribution >= 0.6 is 0 Å². The van der Waals surface area contributed by atoms with E-state index in [0.29, 0.717) is 28.7 Å². The van der Waals surface area contributed by atoms with Crippen LogP contribution in [0.1, 0.15) is 22.6 Å². The van der Waals surface area contributed by atoms with E-state index in [-0.39, 0.29) is 17.4 Å². The summed E-state index contributed by atoms with van der Waals surface area (Å²) in [6, 6.07) is 24.3. The first kappa shape index (κ1) is 21.2. The van der Waals surface area contributed by atoms with Crippen molar-refractivity contribution in [2.24, 2.45) is 0 Å². The van der Waals surface area contributed by atoms with Gasteiger partial charge in [-0.05, 0) is 46.7 Å². The second-order valence-corrected chi connectivity index (χ2v) is 8.91. The minimum atomic E-state index is -0.288. The molecule has 0 bridgehead atoms. The number of aromatic hydroxyl groups is 2. The number of aromatic nitrogens is 4. The average Bonchev–Trinajstić information content (AvgIpc) is 3.36. The number of benzene rings is 4. The van der Waals surface area contributed by atoms with Gasteiger partial charge in [0.05, 0.1) is 18.2 Å². The Bertz CT molecular complexity index is 1830. The van der Waals surface area contributed by atoms with E-state index in [1.165, 1.54) is 0 Å². The zero-order valence-electron chi connectivity index (χ0n) is 19.7. The molecular weight excluding hydrogens is 468 g/mol. The number of rotatable bonds is 3. The van der Waals surface area contributed by atoms with E-state index in [4.69, 9.17) is 14.5 Å². The highest BCUT2D eigenvalue weighted by molar-refractivity contribution is 5.89. The molecule has 1 aliphatic rings. The third-order valence-electron chi connectivity index (χ3n) is 6.74. The standard InChI is InChI=1S/C29H20N4O4/c1-36-20-9-6-16(7-10-20)25-21-11-8-19(34)14-24(21)37-29-26(25)28-31-27(32-33(28)15-30-29)22-12-17-4-2-3-5-18(17)13-23(22)35/h2-15,25,34-35H,1H3. The Balaban J connectivity index is 1.46. The smallest absolute Gasteiger partial charge is 0.228 e. The first-order valence-electron chi connectivity index (χ1n) is 11.7. The average molecular weight is 489 g/mol. The predicted molar refractivity (Wildman–Crippen MR) is 138 cm³/mol. The van der Waals surface area contributed by atoms with E-state index in [1.807, 2.05) is 60.7 Å². The van der Waals surface area contributed by atoms with Crippen LogP contribution in [-0.4, -0.2) is 36.9 Å². The van der Waals surface area contributed by atoms with Gasteiger partial charge in [0.25, 0.3) is 0 Å². The summed E-state index contributed by atoms with van der Waals surface area (Å²) in [5.41, 5.74) is 3.67. The minimum Gasteiger partial charge on any atom is -0.508 e. The van der Waals surface area contributed by atoms with Crippen molar-refractivity contribution in [1.29, 1.82) is 0 Å². The number of phenolic OH excluding ortho intramolecular Hbond substituents is 2. The maximum Gasteiger partial charge on any atom is 0.228 e. The molecule has 0 fully saturated rings. The van der Waals surface area contributed by atoms with Crippen molar-refractivity contribution in [3.63, 3.8) is 0 Å². The summed E-state index contributed by atoms with van der Waals surface area (Å²) >= 11 is 0. The van der Waals surface area contributed by atoms with Gasteiger partial charge in [0.2, 0.25) is 5.88 Å². The summed E-state index contributed by atoms with van der Waals surface area (Å²) in [7, 11) is 1.63. The summed E-state index contributed by atoms with van der Waals surface area (Å²) < 4.78 is 13.1. The van der Waals surface area contributed by atoms with Crippen LogP contribution in [0.5, 0.6) is 28.9 Å². The number of hydrogen-bond donors (Lipinski definition) is 2. The van der Waals surface area contributed by atoms with Gasteiger partial charge in [0.1, 0.15) is 29.3 Å². The van der Waals surface area contributed by atoms with Crippen LogP contribution in [0.2, 0.25) is 0 Å². The van der Waals surface area contributed by atoms with Crippen molar-refractivity contribution >= 4 is 16.4 Å². The van der Waals surface area contributed by atoms with Gasteiger partial charge in [-0.15, -0.1) is 5.10 Å². The molecule has 6 aromatic rings. The summed E-state index contributed by atoms with van der Waals surface area (Å²) in [6.45, 7) is 0. The van der Waals surface area contributed by atoms with Gasteiger partial charge in [-0.25, -0.2) is 14.5 Å². The normalized spacial score (nSPS) is 14.2. The van der Waals surface area contributed by atoms with Crippen LogP contribution in [0.3, 0.4) is 0 Å². The number of hydrogen-bond acceptors (Lipinski definition) is 7. The minimum absolute atomic E-state index is 0.0974. The first-order chi connectivity index (χ1) is 18.1. The molecule has 0 saturated heterocycles. The molecule has 4 aromatic carbocycles. The number of fused-ring (bicyclic) bond motifs is 5. The zero-order valence-corrected chi connectivity index (χ0v) is 19.7. The molecule has 37 heavy (non-hydrogen) atoms. The molecular formula is C29H20N4O4. The van der Waals surface area contributed by atoms with Crippen LogP contribution < -0.4 is 9.47 Å². The molecule has 1 atom stereocenters. The Morgan fingerprint density at radius 3 is 2.49 bits per heavy atom. The third-order valence-corrected chi connectivity index (χ3v) is 6.74. The molecule has 0 radical (unpaired) electrons. The molecule has 0 amide bonds. The molecule has 0 saturated carbocycles. The fourth-order valence-electron chi connectivity index (χ4n) is 4.97. The van der Waals surface area contributed by atoms with Crippen molar-refractivity contribution in [3.8, 4) is 40.3 Å². The molecule has 7 rings (SSSR count). The molecule has 2 aromatic heterocycles. The second-order valence-electron chi connectivity index (χ2n) is 8.91. The van der Waals surface area contributed by atoms with Crippen LogP contribution in [0, 0.1) is 0 Å². The van der Waals surface area contributed by atoms with Crippen LogP contribution in [0.15, 0.2) is 85.2 Å². The van der Waals surface area contributed by atoms with Crippen molar-refractivity contribution in [2.75, 3.05) is 7.11 Å². The van der Waals surface area contributed by atoms with Gasteiger partial charge in [0, 0.05) is 17.5 Å². The zero-order chi connectivity index (χ0) is 25.1. The van der Waals surface area contributed by atoms with E-state index < -0.39 is 0 Å². The molecule has 1 unspecified atom stereocenters. The van der Waals surface area contributed by atoms with Crippen LogP contribution in [0.4, 0.5) is 0 Å². The Morgan fingerprint density at radius 1 is 0.919 bits per heavy atom. The van der Waals surface area contributed by atoms with E-state index in [1.54, 1.807) is 36.2 Å². The van der Waals surface area contributed by atoms with E-state index in [0.717, 1.165) is 33.2 Å². The van der Waals surface area contributed by atoms with Gasteiger partial charge in [-0.3, -0.25) is 0 Å². The monoisotopic (exact) mass is 488 g/mol. The Morgan fingerprint density at radius 2 is 1.70 bits per heavy atom. The van der Waals surface area contributed by atoms with E-state index in [9.17, 15) is 10.2 Å². The number of phenols is 2. The maximum atomic E-state index is 10.8. The summed E-state index contributed by atoms with van der Waals surface area (Å²) in [5, 5.41) is 27.4. The predicted octanol–water partition coefficient (Wildman–Crippen LogP) is 5.65. The van der Waals surface area contributed by atoms with Crippen molar-refractivity contribution in [3.05, 3.63) is 102 Å². The lowest BCUT2D eigenvalue weighted by Gasteiger charge is -2.28. The van der Waals surface area contributed by atoms with E-state index in [2.05, 4.69) is 10.1 Å². The molecule has 8 nitrogen and oxygen atoms in total. The van der Waals surface area contributed by atoms with Crippen LogP contribution in [0.25, 0.3) is 27.8 Å². The first-order valence-corrected chi connectivity index (χ1v) is 11.7. The molecule has 3 heterocycles. The molecule has 1 aliphatic heterocycles. The summed E-state index contributed by atoms with van der Waals surface area (Å²) in [4.78, 5) is 9.40. The van der Waals surface area contributed by atoms with Crippen molar-refractivity contribution in [1.82, 2.24) is 19.6 Å². The molecule has 2 N–H and O–H groups in total. The van der Waals surface area contributed by atoms with Crippen LogP contribution in [-0.2, 0) is 0 Å². The lowest BCUT2D eigenvalue weighted by Crippen LogP contribution is -2.15. The molecule has 180 valence electrons. The summed E-state index contributed by atoms with van der Waals surface area (Å²) in [5.74, 6) is 1.95. The van der Waals surface area contributed by atoms with E-state index >= 15 is 0 Å². The van der Waals surface area contributed by atoms with Crippen molar-refractivity contribution < 1.29 is 19.7 Å². The Kier molecular flexibility index (Phi) is 4.56. The molecule has 0 aliphatic carbocycles. The fourth-order valence-corrected chi connectivity index (χ4v) is 4.97. The summed E-state index contributed by atoms with van der Waals surface area (Å²) in [6.07, 6.45) is 1.54. The van der Waals surface area contributed by atoms with Gasteiger partial charge in [0.15, 0.2) is 11.5 Å². The number of ether oxygens (including phenoxy) is 2. The highest BCUT2D eigenvalue weighted by atomic mass is 16.5. The highest BCUT2D eigenvalue weighted by Crippen LogP contribution is 2.49. The number of methoxy groups -OCH3 is 1. The molecule has 8 heteroatoms. The van der Waals surface area contributed by atoms with Gasteiger partial charge >= 0.3 is 0 Å². The fraction of sp³-hybridized carbons (Fsp3) is 0.0690. The molecule has 0 spiro atoms. The Labute approximate surface area is 211 Å². The third kappa shape index (κ3) is 3.34. The quantitative estimate of drug-likeness (QED) is 0.331. The second kappa shape index (κ2) is 7.96. The highest BCUT2D eigenvalue weighted by Gasteiger charge is 2.33. The number of nitrogens with zero attached hydrogens (tertiary/aromatic N) is 4. The lowest BCUT2D eigenvalue weighted by atomic mass is 9.84. The van der Waals surface area contributed by atoms with Gasteiger partial charge in [-0.2, -0.15) is 0 Å². The van der Waals surface area contributed by atoms with Gasteiger partial charge < -0.3 is 19.7 Å². The van der Waals surface area contributed by atoms with Gasteiger partial charge in [-0.1, -0.05) is 42.5 Å². The lowest BCUT2D eigenvalue weighted by molar-refractivity contribution is 0.414. The topological polar surface area (TPSA) is 102 Å². The Hall–Kier alpha value is -5.11. The van der Waals surface area contributed by atoms with Crippen molar-refractivity contribution in [2.45, 2.75) is 5.92 Å². The maximum absolute atomic E-state index is 10.8. The SMILES string of the molecule is COc1ccc(C2c3ccc(O)cc3Oc3ncn4nc(-c5cc6ccccc6cc5O)nc4c32)cc1. The largest absolute Gasteiger partial charge is 0.508 e.